The van der Waals surface area contributed by atoms with Crippen LogP contribution in [0.15, 0.2) is 15.2 Å². The number of hydrogen-bond donors (Lipinski definition) is 1. The van der Waals surface area contributed by atoms with Gasteiger partial charge in [-0.2, -0.15) is 0 Å². The van der Waals surface area contributed by atoms with E-state index in [0.29, 0.717) is 5.71 Å². The third kappa shape index (κ3) is 1.44. The van der Waals surface area contributed by atoms with E-state index in [9.17, 15) is 0 Å². The van der Waals surface area contributed by atoms with Gasteiger partial charge in [0.2, 0.25) is 0 Å². The van der Waals surface area contributed by atoms with E-state index >= 15 is 0 Å². The van der Waals surface area contributed by atoms with Gasteiger partial charge in [0.25, 0.3) is 0 Å². The first kappa shape index (κ1) is 7.89. The van der Waals surface area contributed by atoms with Crippen molar-refractivity contribution in [1.82, 2.24) is 0 Å². The fourth-order valence-corrected chi connectivity index (χ4v) is 1.45. The molecule has 2 nitrogen and oxygen atoms in total. The van der Waals surface area contributed by atoms with Gasteiger partial charge >= 0.3 is 0 Å². The molecule has 0 heterocycles. The van der Waals surface area contributed by atoms with E-state index in [2.05, 4.69) is 5.16 Å². The Labute approximate surface area is 69.1 Å². The van der Waals surface area contributed by atoms with Gasteiger partial charge in [-0.1, -0.05) is 28.4 Å². The molecule has 4 heteroatoms. The second-order valence-corrected chi connectivity index (χ2v) is 3.09. The molecule has 0 aromatic rings. The fraction of sp³-hybridized carbons (Fsp3) is 0.500. The van der Waals surface area contributed by atoms with Gasteiger partial charge in [-0.3, -0.25) is 0 Å². The van der Waals surface area contributed by atoms with Crippen molar-refractivity contribution < 1.29 is 5.21 Å². The molecule has 1 fully saturated rings. The second kappa shape index (κ2) is 3.26. The Morgan fingerprint density at radius 2 is 2.10 bits per heavy atom. The van der Waals surface area contributed by atoms with E-state index in [4.69, 9.17) is 28.4 Å². The molecule has 0 amide bonds. The predicted octanol–water partition coefficient (Wildman–Crippen LogP) is 2.69. The first-order valence-corrected chi connectivity index (χ1v) is 3.76. The minimum atomic E-state index is 0.227. The minimum absolute atomic E-state index is 0.227. The predicted molar refractivity (Wildman–Crippen MR) is 41.8 cm³/mol. The molecule has 0 atom stereocenters. The van der Waals surface area contributed by atoms with E-state index < -0.39 is 0 Å². The molecule has 0 spiro atoms. The van der Waals surface area contributed by atoms with Crippen LogP contribution in [0, 0.1) is 0 Å². The first-order valence-electron chi connectivity index (χ1n) is 3.01. The molecule has 0 saturated heterocycles. The molecule has 0 aliphatic heterocycles. The first-order chi connectivity index (χ1) is 4.75. The van der Waals surface area contributed by atoms with Crippen LogP contribution in [0.25, 0.3) is 0 Å². The molecule has 1 aliphatic rings. The summed E-state index contributed by atoms with van der Waals surface area (Å²) in [6, 6.07) is 0. The maximum atomic E-state index is 8.42. The molecule has 1 saturated carbocycles. The molecule has 0 radical (unpaired) electrons. The van der Waals surface area contributed by atoms with Crippen molar-refractivity contribution in [3.63, 3.8) is 0 Å². The van der Waals surface area contributed by atoms with Gasteiger partial charge in [0, 0.05) is 5.57 Å². The number of rotatable bonds is 0. The summed E-state index contributed by atoms with van der Waals surface area (Å²) in [5, 5.41) is 11.5. The average molecular weight is 180 g/mol. The van der Waals surface area contributed by atoms with Crippen molar-refractivity contribution in [3.05, 3.63) is 10.1 Å². The summed E-state index contributed by atoms with van der Waals surface area (Å²) in [6.45, 7) is 0. The Morgan fingerprint density at radius 3 is 2.50 bits per heavy atom. The maximum absolute atomic E-state index is 8.42. The lowest BCUT2D eigenvalue weighted by Gasteiger charge is -1.94. The van der Waals surface area contributed by atoms with Gasteiger partial charge in [-0.05, 0) is 19.3 Å². The molecular weight excluding hydrogens is 173 g/mol. The summed E-state index contributed by atoms with van der Waals surface area (Å²) in [5.74, 6) is 0. The van der Waals surface area contributed by atoms with Crippen LogP contribution >= 0.6 is 23.2 Å². The van der Waals surface area contributed by atoms with Crippen LogP contribution in [-0.2, 0) is 0 Å². The summed E-state index contributed by atoms with van der Waals surface area (Å²) in [7, 11) is 0. The number of oxime groups is 1. The van der Waals surface area contributed by atoms with Crippen molar-refractivity contribution in [1.29, 1.82) is 0 Å². The summed E-state index contributed by atoms with van der Waals surface area (Å²) in [5.41, 5.74) is 1.41. The smallest absolute Gasteiger partial charge is 0.111 e. The molecule has 0 aromatic carbocycles. The average Bonchev–Trinajstić information content (AvgIpc) is 2.33. The van der Waals surface area contributed by atoms with Gasteiger partial charge in [0.1, 0.15) is 4.49 Å². The summed E-state index contributed by atoms with van der Waals surface area (Å²) >= 11 is 11.0. The quantitative estimate of drug-likeness (QED) is 0.451. The van der Waals surface area contributed by atoms with Crippen molar-refractivity contribution in [2.24, 2.45) is 5.16 Å². The monoisotopic (exact) mass is 179 g/mol. The lowest BCUT2D eigenvalue weighted by Crippen LogP contribution is -1.92. The summed E-state index contributed by atoms with van der Waals surface area (Å²) < 4.78 is 0.227. The van der Waals surface area contributed by atoms with Crippen molar-refractivity contribution in [2.75, 3.05) is 0 Å². The molecule has 10 heavy (non-hydrogen) atoms. The largest absolute Gasteiger partial charge is 0.411 e. The zero-order valence-corrected chi connectivity index (χ0v) is 6.78. The molecule has 0 aromatic heterocycles. The van der Waals surface area contributed by atoms with Gasteiger partial charge < -0.3 is 5.21 Å². The van der Waals surface area contributed by atoms with Crippen LogP contribution in [0.1, 0.15) is 19.3 Å². The maximum Gasteiger partial charge on any atom is 0.111 e. The molecular formula is C6H7Cl2NO. The minimum Gasteiger partial charge on any atom is -0.411 e. The van der Waals surface area contributed by atoms with Crippen LogP contribution in [0.3, 0.4) is 0 Å². The highest BCUT2D eigenvalue weighted by Gasteiger charge is 2.18. The number of nitrogens with zero attached hydrogens (tertiary/aromatic N) is 1. The lowest BCUT2D eigenvalue weighted by atomic mass is 10.2. The topological polar surface area (TPSA) is 32.6 Å². The van der Waals surface area contributed by atoms with Gasteiger partial charge in [-0.25, -0.2) is 0 Å². The van der Waals surface area contributed by atoms with Crippen LogP contribution < -0.4 is 0 Å². The Bertz CT molecular complexity index is 194. The van der Waals surface area contributed by atoms with E-state index in [1.165, 1.54) is 0 Å². The number of hydrogen-bond acceptors (Lipinski definition) is 2. The molecule has 0 bridgehead atoms. The number of halogens is 2. The van der Waals surface area contributed by atoms with Crippen molar-refractivity contribution >= 4 is 28.9 Å². The lowest BCUT2D eigenvalue weighted by molar-refractivity contribution is 0.318. The normalized spacial score (nSPS) is 22.2. The SMILES string of the molecule is O/N=C1/CCCC1=C(Cl)Cl. The van der Waals surface area contributed by atoms with E-state index in [1.807, 2.05) is 0 Å². The van der Waals surface area contributed by atoms with Crippen LogP contribution in [-0.4, -0.2) is 10.9 Å². The standard InChI is InChI=1S/C6H7Cl2NO/c7-6(8)4-2-1-3-5(4)9-10/h10H,1-3H2/b9-5-. The summed E-state index contributed by atoms with van der Waals surface area (Å²) in [6.07, 6.45) is 2.56. The van der Waals surface area contributed by atoms with Gasteiger partial charge in [0.05, 0.1) is 5.71 Å². The molecule has 0 unspecified atom stereocenters. The molecule has 1 rings (SSSR count). The molecule has 1 aliphatic carbocycles. The highest BCUT2D eigenvalue weighted by Crippen LogP contribution is 2.28. The van der Waals surface area contributed by atoms with Crippen molar-refractivity contribution in [2.45, 2.75) is 19.3 Å². The zero-order chi connectivity index (χ0) is 7.56. The van der Waals surface area contributed by atoms with Crippen LogP contribution in [0.2, 0.25) is 0 Å². The number of allylic oxidation sites excluding steroid dienone is 1. The second-order valence-electron chi connectivity index (χ2n) is 2.14. The van der Waals surface area contributed by atoms with Gasteiger partial charge in [-0.15, -0.1) is 0 Å². The third-order valence-electron chi connectivity index (χ3n) is 1.54. The highest BCUT2D eigenvalue weighted by atomic mass is 35.5. The van der Waals surface area contributed by atoms with Crippen LogP contribution in [0.4, 0.5) is 0 Å². The van der Waals surface area contributed by atoms with E-state index in [1.54, 1.807) is 0 Å². The fourth-order valence-electron chi connectivity index (χ4n) is 1.04. The molecule has 56 valence electrons. The van der Waals surface area contributed by atoms with Crippen molar-refractivity contribution in [3.8, 4) is 0 Å². The third-order valence-corrected chi connectivity index (χ3v) is 1.99. The van der Waals surface area contributed by atoms with Crippen LogP contribution in [0.5, 0.6) is 0 Å². The van der Waals surface area contributed by atoms with E-state index in [-0.39, 0.29) is 4.49 Å². The molecule has 1 N–H and O–H groups in total. The zero-order valence-electron chi connectivity index (χ0n) is 5.27. The highest BCUT2D eigenvalue weighted by molar-refractivity contribution is 6.57. The summed E-state index contributed by atoms with van der Waals surface area (Å²) in [4.78, 5) is 0. The van der Waals surface area contributed by atoms with E-state index in [0.717, 1.165) is 24.8 Å². The Hall–Kier alpha value is -0.210. The van der Waals surface area contributed by atoms with Gasteiger partial charge in [0.15, 0.2) is 0 Å². The Kier molecular flexibility index (Phi) is 2.57. The Balaban J connectivity index is 2.89. The Morgan fingerprint density at radius 1 is 1.40 bits per heavy atom.